The Labute approximate surface area is 84.7 Å². The number of H-pyrrole nitrogens is 1. The Kier molecular flexibility index (Phi) is 4.10. The second-order valence-electron chi connectivity index (χ2n) is 3.75. The summed E-state index contributed by atoms with van der Waals surface area (Å²) in [4.78, 5) is 0. The smallest absolute Gasteiger partial charge is 0.0537 e. The summed E-state index contributed by atoms with van der Waals surface area (Å²) >= 11 is 0. The summed E-state index contributed by atoms with van der Waals surface area (Å²) in [6.07, 6.45) is 2.62. The van der Waals surface area contributed by atoms with Crippen LogP contribution in [-0.2, 0) is 0 Å². The maximum Gasteiger partial charge on any atom is 0.0537 e. The van der Waals surface area contributed by atoms with Crippen LogP contribution in [-0.4, -0.2) is 28.0 Å². The highest BCUT2D eigenvalue weighted by molar-refractivity contribution is 5.18. The number of aromatic amines is 1. The predicted octanol–water partition coefficient (Wildman–Crippen LogP) is 1.14. The molecule has 1 aromatic rings. The molecule has 3 N–H and O–H groups in total. The molecular weight excluding hydrogens is 178 g/mol. The third kappa shape index (κ3) is 2.82. The van der Waals surface area contributed by atoms with Crippen molar-refractivity contribution < 1.29 is 5.11 Å². The molecule has 0 spiro atoms. The van der Waals surface area contributed by atoms with Gasteiger partial charge in [0.2, 0.25) is 0 Å². The van der Waals surface area contributed by atoms with E-state index in [2.05, 4.69) is 29.4 Å². The molecular formula is C10H19N3O. The summed E-state index contributed by atoms with van der Waals surface area (Å²) < 4.78 is 0. The van der Waals surface area contributed by atoms with Crippen LogP contribution >= 0.6 is 0 Å². The highest BCUT2D eigenvalue weighted by Gasteiger charge is 2.12. The molecule has 0 radical (unpaired) electrons. The van der Waals surface area contributed by atoms with E-state index in [1.807, 2.05) is 13.1 Å². The Morgan fingerprint density at radius 1 is 1.57 bits per heavy atom. The Morgan fingerprint density at radius 2 is 2.29 bits per heavy atom. The molecule has 0 amide bonds. The third-order valence-electron chi connectivity index (χ3n) is 2.43. The van der Waals surface area contributed by atoms with Gasteiger partial charge in [0.1, 0.15) is 0 Å². The topological polar surface area (TPSA) is 60.9 Å². The maximum atomic E-state index is 8.78. The minimum absolute atomic E-state index is 0.227. The number of aliphatic hydroxyl groups excluding tert-OH is 1. The molecule has 0 fully saturated rings. The highest BCUT2D eigenvalue weighted by Crippen LogP contribution is 2.15. The van der Waals surface area contributed by atoms with Crippen molar-refractivity contribution in [3.8, 4) is 0 Å². The summed E-state index contributed by atoms with van der Waals surface area (Å²) in [6, 6.07) is 0.597. The van der Waals surface area contributed by atoms with Gasteiger partial charge >= 0.3 is 0 Å². The molecule has 1 unspecified atom stereocenters. The lowest BCUT2D eigenvalue weighted by Crippen LogP contribution is -2.29. The molecule has 0 saturated carbocycles. The van der Waals surface area contributed by atoms with Gasteiger partial charge in [0.25, 0.3) is 0 Å². The minimum Gasteiger partial charge on any atom is -0.396 e. The molecule has 0 aliphatic heterocycles. The molecule has 1 rings (SSSR count). The normalized spacial score (nSPS) is 15.4. The second-order valence-corrected chi connectivity index (χ2v) is 3.75. The van der Waals surface area contributed by atoms with Crippen LogP contribution in [0.5, 0.6) is 0 Å². The Balaban J connectivity index is 2.50. The van der Waals surface area contributed by atoms with Gasteiger partial charge in [0, 0.05) is 29.9 Å². The first-order valence-electron chi connectivity index (χ1n) is 5.02. The van der Waals surface area contributed by atoms with Gasteiger partial charge < -0.3 is 10.4 Å². The molecule has 4 nitrogen and oxygen atoms in total. The third-order valence-corrected chi connectivity index (χ3v) is 2.43. The first-order valence-corrected chi connectivity index (χ1v) is 5.02. The Hall–Kier alpha value is -0.870. The lowest BCUT2D eigenvalue weighted by Gasteiger charge is -2.18. The number of aliphatic hydroxyl groups is 1. The molecule has 0 aliphatic rings. The lowest BCUT2D eigenvalue weighted by molar-refractivity contribution is 0.264. The van der Waals surface area contributed by atoms with Crippen molar-refractivity contribution in [2.75, 3.05) is 6.61 Å². The minimum atomic E-state index is 0.227. The molecule has 1 aromatic heterocycles. The van der Waals surface area contributed by atoms with Crippen molar-refractivity contribution in [2.45, 2.75) is 39.3 Å². The average molecular weight is 197 g/mol. The van der Waals surface area contributed by atoms with Crippen LogP contribution in [0.2, 0.25) is 0 Å². The van der Waals surface area contributed by atoms with Crippen molar-refractivity contribution in [2.24, 2.45) is 0 Å². The zero-order chi connectivity index (χ0) is 10.6. The zero-order valence-corrected chi connectivity index (χ0v) is 9.04. The first-order chi connectivity index (χ1) is 6.65. The van der Waals surface area contributed by atoms with E-state index in [1.54, 1.807) is 0 Å². The first kappa shape index (κ1) is 11.2. The predicted molar refractivity (Wildman–Crippen MR) is 56.0 cm³/mol. The van der Waals surface area contributed by atoms with Crippen LogP contribution in [0, 0.1) is 6.92 Å². The molecule has 14 heavy (non-hydrogen) atoms. The average Bonchev–Trinajstić information content (AvgIpc) is 2.51. The quantitative estimate of drug-likeness (QED) is 0.663. The molecule has 0 saturated heterocycles. The number of rotatable bonds is 5. The lowest BCUT2D eigenvalue weighted by atomic mass is 10.1. The Bertz CT molecular complexity index is 272. The van der Waals surface area contributed by atoms with Gasteiger partial charge in [-0.05, 0) is 27.2 Å². The van der Waals surface area contributed by atoms with E-state index in [0.29, 0.717) is 6.04 Å². The summed E-state index contributed by atoms with van der Waals surface area (Å²) in [5.41, 5.74) is 2.29. The van der Waals surface area contributed by atoms with E-state index < -0.39 is 0 Å². The number of nitrogens with one attached hydrogen (secondary N) is 2. The van der Waals surface area contributed by atoms with Gasteiger partial charge in [-0.25, -0.2) is 0 Å². The second kappa shape index (κ2) is 5.12. The van der Waals surface area contributed by atoms with Gasteiger partial charge in [-0.3, -0.25) is 5.10 Å². The molecule has 0 bridgehead atoms. The summed E-state index contributed by atoms with van der Waals surface area (Å²) in [5.74, 6) is 0. The fourth-order valence-electron chi connectivity index (χ4n) is 1.59. The van der Waals surface area contributed by atoms with Crippen LogP contribution in [0.1, 0.15) is 37.6 Å². The van der Waals surface area contributed by atoms with Crippen LogP contribution in [0.4, 0.5) is 0 Å². The van der Waals surface area contributed by atoms with E-state index in [0.717, 1.165) is 12.1 Å². The van der Waals surface area contributed by atoms with Crippen molar-refractivity contribution in [3.05, 3.63) is 17.5 Å². The molecule has 1 heterocycles. The highest BCUT2D eigenvalue weighted by atomic mass is 16.3. The van der Waals surface area contributed by atoms with E-state index in [4.69, 9.17) is 5.11 Å². The molecule has 4 heteroatoms. The standard InChI is InChI=1S/C10H19N3O/c1-7(4-5-14)12-8(2)10-6-11-13-9(10)3/h6-8,12,14H,4-5H2,1-3H3,(H,11,13)/t7-,8?/m1/s1. The zero-order valence-electron chi connectivity index (χ0n) is 9.04. The van der Waals surface area contributed by atoms with E-state index >= 15 is 0 Å². The number of aromatic nitrogens is 2. The summed E-state index contributed by atoms with van der Waals surface area (Å²) in [6.45, 7) is 6.41. The van der Waals surface area contributed by atoms with Crippen LogP contribution in [0.25, 0.3) is 0 Å². The summed E-state index contributed by atoms with van der Waals surface area (Å²) in [7, 11) is 0. The van der Waals surface area contributed by atoms with E-state index in [-0.39, 0.29) is 12.6 Å². The van der Waals surface area contributed by atoms with Crippen LogP contribution in [0.3, 0.4) is 0 Å². The van der Waals surface area contributed by atoms with Gasteiger partial charge in [0.05, 0.1) is 6.20 Å². The summed E-state index contributed by atoms with van der Waals surface area (Å²) in [5, 5.41) is 19.1. The molecule has 2 atom stereocenters. The SMILES string of the molecule is Cc1[nH]ncc1C(C)N[C@H](C)CCO. The molecule has 0 aliphatic carbocycles. The number of aryl methyl sites for hydroxylation is 1. The largest absolute Gasteiger partial charge is 0.396 e. The van der Waals surface area contributed by atoms with E-state index in [1.165, 1.54) is 5.56 Å². The fourth-order valence-corrected chi connectivity index (χ4v) is 1.59. The van der Waals surface area contributed by atoms with Gasteiger partial charge in [-0.2, -0.15) is 5.10 Å². The van der Waals surface area contributed by atoms with Gasteiger partial charge in [-0.1, -0.05) is 0 Å². The van der Waals surface area contributed by atoms with Gasteiger partial charge in [-0.15, -0.1) is 0 Å². The monoisotopic (exact) mass is 197 g/mol. The molecule has 0 aromatic carbocycles. The molecule has 80 valence electrons. The number of nitrogens with zero attached hydrogens (tertiary/aromatic N) is 1. The number of hydrogen-bond acceptors (Lipinski definition) is 3. The van der Waals surface area contributed by atoms with Gasteiger partial charge in [0.15, 0.2) is 0 Å². The fraction of sp³-hybridized carbons (Fsp3) is 0.700. The number of hydrogen-bond donors (Lipinski definition) is 3. The van der Waals surface area contributed by atoms with E-state index in [9.17, 15) is 0 Å². The van der Waals surface area contributed by atoms with Crippen molar-refractivity contribution in [1.29, 1.82) is 0 Å². The maximum absolute atomic E-state index is 8.78. The van der Waals surface area contributed by atoms with Crippen LogP contribution < -0.4 is 5.32 Å². The van der Waals surface area contributed by atoms with Crippen molar-refractivity contribution in [3.63, 3.8) is 0 Å². The van der Waals surface area contributed by atoms with Crippen molar-refractivity contribution in [1.82, 2.24) is 15.5 Å². The van der Waals surface area contributed by atoms with Crippen molar-refractivity contribution >= 4 is 0 Å². The Morgan fingerprint density at radius 3 is 2.79 bits per heavy atom. The van der Waals surface area contributed by atoms with Crippen LogP contribution in [0.15, 0.2) is 6.20 Å².